The van der Waals surface area contributed by atoms with Gasteiger partial charge in [0.15, 0.2) is 11.2 Å². The van der Waals surface area contributed by atoms with Crippen LogP contribution in [0.15, 0.2) is 482 Å². The minimum absolute atomic E-state index is 0.105. The van der Waals surface area contributed by atoms with Gasteiger partial charge < -0.3 is 37.9 Å². The third-order valence-corrected chi connectivity index (χ3v) is 28.4. The largest absolute Gasteiger partial charge is 0.456 e. The fraction of sp³-hybridized carbons (Fsp3) is 0.0233. The molecule has 0 saturated heterocycles. The Morgan fingerprint density at radius 1 is 0.175 bits per heavy atom. The fourth-order valence-electron chi connectivity index (χ4n) is 22.1. The maximum Gasteiger partial charge on any atom is 0.159 e. The molecule has 0 bridgehead atoms. The molecular weight excluding hydrogens is 1670 g/mol. The van der Waals surface area contributed by atoms with Gasteiger partial charge in [-0.25, -0.2) is 0 Å². The van der Waals surface area contributed by atoms with Crippen LogP contribution in [0.4, 0.5) is 68.2 Å². The highest BCUT2D eigenvalue weighted by Crippen LogP contribution is 2.58. The van der Waals surface area contributed by atoms with Crippen LogP contribution in [0.5, 0.6) is 23.0 Å². The highest BCUT2D eigenvalue weighted by molar-refractivity contribution is 6.28. The zero-order chi connectivity index (χ0) is 90.5. The van der Waals surface area contributed by atoms with E-state index in [-0.39, 0.29) is 5.41 Å². The van der Waals surface area contributed by atoms with E-state index in [1.165, 1.54) is 104 Å². The number of furan rings is 2. The summed E-state index contributed by atoms with van der Waals surface area (Å²) in [7, 11) is 0. The van der Waals surface area contributed by atoms with E-state index in [1.54, 1.807) is 0 Å². The van der Waals surface area contributed by atoms with E-state index in [4.69, 9.17) is 18.3 Å². The summed E-state index contributed by atoms with van der Waals surface area (Å²) in [6.45, 7) is 4.70. The molecule has 8 heteroatoms. The van der Waals surface area contributed by atoms with Gasteiger partial charge in [0, 0.05) is 106 Å². The number of anilines is 12. The van der Waals surface area contributed by atoms with Crippen LogP contribution in [0, 0.1) is 0 Å². The maximum absolute atomic E-state index is 7.00. The number of benzene rings is 23. The lowest BCUT2D eigenvalue weighted by Gasteiger charge is -2.28. The van der Waals surface area contributed by atoms with Crippen molar-refractivity contribution in [3.8, 4) is 78.6 Å². The van der Waals surface area contributed by atoms with Gasteiger partial charge in [0.25, 0.3) is 0 Å². The van der Waals surface area contributed by atoms with Gasteiger partial charge in [0.05, 0.1) is 22.7 Å². The summed E-state index contributed by atoms with van der Waals surface area (Å²) in [5.41, 5.74) is 30.5. The number of para-hydroxylation sites is 9. The van der Waals surface area contributed by atoms with E-state index in [2.05, 4.69) is 482 Å². The summed E-state index contributed by atoms with van der Waals surface area (Å²) in [4.78, 5) is 9.24. The average molecular weight is 1750 g/mol. The predicted octanol–water partition coefficient (Wildman–Crippen LogP) is 37.2. The molecule has 0 fully saturated rings. The smallest absolute Gasteiger partial charge is 0.159 e. The van der Waals surface area contributed by atoms with Gasteiger partial charge in [-0.2, -0.15) is 0 Å². The van der Waals surface area contributed by atoms with Gasteiger partial charge in [-0.05, 0) is 291 Å². The molecule has 0 atom stereocenters. The van der Waals surface area contributed by atoms with Crippen LogP contribution in [0.1, 0.15) is 25.0 Å². The van der Waals surface area contributed by atoms with Gasteiger partial charge in [0.1, 0.15) is 34.2 Å². The van der Waals surface area contributed by atoms with Crippen molar-refractivity contribution in [3.05, 3.63) is 484 Å². The highest BCUT2D eigenvalue weighted by atomic mass is 16.5. The Balaban J connectivity index is 0.000000140. The van der Waals surface area contributed by atoms with Gasteiger partial charge in [-0.15, -0.1) is 0 Å². The highest BCUT2D eigenvalue weighted by Gasteiger charge is 2.37. The van der Waals surface area contributed by atoms with Crippen molar-refractivity contribution in [3.63, 3.8) is 0 Å². The molecule has 8 nitrogen and oxygen atoms in total. The van der Waals surface area contributed by atoms with E-state index in [9.17, 15) is 0 Å². The van der Waals surface area contributed by atoms with Crippen molar-refractivity contribution >= 4 is 177 Å². The van der Waals surface area contributed by atoms with Crippen LogP contribution in [-0.2, 0) is 5.41 Å². The number of rotatable bonds is 14. The van der Waals surface area contributed by atoms with Crippen molar-refractivity contribution in [2.24, 2.45) is 0 Å². The molecule has 1 aliphatic carbocycles. The topological polar surface area (TPSA) is 57.7 Å². The second-order valence-electron chi connectivity index (χ2n) is 36.4. The van der Waals surface area contributed by atoms with E-state index in [1.807, 2.05) is 24.3 Å². The Kier molecular flexibility index (Phi) is 18.2. The first kappa shape index (κ1) is 78.8. The third kappa shape index (κ3) is 12.8. The summed E-state index contributed by atoms with van der Waals surface area (Å²) in [5.74, 6) is 3.33. The molecule has 0 N–H and O–H groups in total. The number of hydrogen-bond acceptors (Lipinski definition) is 8. The first-order valence-electron chi connectivity index (χ1n) is 46.9. The molecule has 28 rings (SSSR count). The molecule has 4 heterocycles. The molecule has 0 spiro atoms. The molecule has 23 aromatic carbocycles. The summed E-state index contributed by atoms with van der Waals surface area (Å²) >= 11 is 0. The van der Waals surface area contributed by atoms with Gasteiger partial charge in [-0.1, -0.05) is 293 Å². The Labute approximate surface area is 791 Å². The van der Waals surface area contributed by atoms with Crippen LogP contribution in [0.25, 0.3) is 164 Å². The van der Waals surface area contributed by atoms with Crippen molar-refractivity contribution in [1.82, 2.24) is 0 Å². The van der Waals surface area contributed by atoms with Crippen molar-refractivity contribution in [1.29, 1.82) is 0 Å². The van der Waals surface area contributed by atoms with Crippen LogP contribution < -0.4 is 29.1 Å². The van der Waals surface area contributed by atoms with Crippen LogP contribution in [0.3, 0.4) is 0 Å². The summed E-state index contributed by atoms with van der Waals surface area (Å²) < 4.78 is 27.2. The lowest BCUT2D eigenvalue weighted by molar-refractivity contribution is 0.487. The minimum Gasteiger partial charge on any atom is -0.456 e. The van der Waals surface area contributed by atoms with E-state index in [0.29, 0.717) is 0 Å². The molecule has 644 valence electrons. The Morgan fingerprint density at radius 2 is 0.482 bits per heavy atom. The van der Waals surface area contributed by atoms with Gasteiger partial charge in [0.2, 0.25) is 0 Å². The van der Waals surface area contributed by atoms with Crippen LogP contribution in [-0.4, -0.2) is 0 Å². The average Bonchev–Trinajstić information content (AvgIpc) is 1.58. The summed E-state index contributed by atoms with van der Waals surface area (Å²) in [5, 5.41) is 18.7. The minimum atomic E-state index is -0.105. The third-order valence-electron chi connectivity index (χ3n) is 28.4. The second-order valence-corrected chi connectivity index (χ2v) is 36.4. The number of hydrogen-bond donors (Lipinski definition) is 0. The lowest BCUT2D eigenvalue weighted by atomic mass is 9.82. The Hall–Kier alpha value is -18.0. The van der Waals surface area contributed by atoms with Gasteiger partial charge >= 0.3 is 0 Å². The van der Waals surface area contributed by atoms with Crippen molar-refractivity contribution in [2.45, 2.75) is 19.3 Å². The molecule has 0 unspecified atom stereocenters. The van der Waals surface area contributed by atoms with E-state index < -0.39 is 0 Å². The quantitative estimate of drug-likeness (QED) is 0.0999. The molecule has 2 aromatic heterocycles. The lowest BCUT2D eigenvalue weighted by Crippen LogP contribution is -2.16. The van der Waals surface area contributed by atoms with Gasteiger partial charge in [-0.3, -0.25) is 0 Å². The fourth-order valence-corrected chi connectivity index (χ4v) is 22.1. The van der Waals surface area contributed by atoms with E-state index in [0.717, 1.165) is 163 Å². The van der Waals surface area contributed by atoms with Crippen LogP contribution in [0.2, 0.25) is 0 Å². The Morgan fingerprint density at radius 3 is 0.920 bits per heavy atom. The normalized spacial score (nSPS) is 12.5. The first-order chi connectivity index (χ1) is 67.7. The molecular formula is C129H84N4O4. The number of ether oxygens (including phenoxy) is 2. The molecule has 25 aromatic rings. The second kappa shape index (κ2) is 31.6. The zero-order valence-electron chi connectivity index (χ0n) is 75.0. The number of fused-ring (bicyclic) bond motifs is 21. The molecule has 2 aliphatic heterocycles. The van der Waals surface area contributed by atoms with E-state index >= 15 is 0 Å². The monoisotopic (exact) mass is 1750 g/mol. The molecule has 137 heavy (non-hydrogen) atoms. The molecule has 0 radical (unpaired) electrons. The predicted molar refractivity (Wildman–Crippen MR) is 571 cm³/mol. The zero-order valence-corrected chi connectivity index (χ0v) is 75.0. The summed E-state index contributed by atoms with van der Waals surface area (Å²) in [6, 6.07) is 170. The SMILES string of the molecule is CC1(C)c2ccccc2-c2ccc(N(c3ccccc3)c3ccc(-c4cc5c6cccc7c6c(cc5c5ccccc45)-c4ccc(N(c5ccccc5)c5cccc6c5oc5ccccc56)cc4O7)cc3)cc21.c1ccc(N(c2ccccc2)c2ccc(-c3cc4c5cccc6c5c(cc4c4ccccc34)-c3ccc(N(c4ccccc4)c4cccc5c4oc4ccccc45)cc3O6)cc2)cc1. The molecule has 0 amide bonds. The standard InChI is InChI=1S/C69H46N2O2.C60H38N2O2/c1-69(2)61-27-13-11-23-51(61)52-37-35-47(39-62(52)69)70(44-17-5-3-6-18-44)46-33-31-43(32-34-46)57-41-59-55-25-16-30-65-67(55)60(42-58(59)50-22-10-9-21-49(50)57)54-38-36-48(40-66(54)72-65)71(45-19-7-4-8-20-45)63-28-15-26-56-53-24-12-14-29-64(53)73-68(56)63;1-4-16-40(17-5-1)61(41-18-6-2-7-19-41)43-32-30-39(31-33-43)51-37-53-49-25-15-29-57-59(49)54(38-52(53)46-23-11-10-22-45(46)51)48-35-34-44(36-58(48)63-57)62(42-20-8-3-9-21-42)55-27-14-26-50-47-24-12-13-28-56(47)64-60(50)55/h3-42H,1-2H3;1-38H. The molecule has 0 saturated carbocycles. The number of nitrogens with zero attached hydrogens (tertiary/aromatic N) is 4. The van der Waals surface area contributed by atoms with Crippen LogP contribution >= 0.6 is 0 Å². The first-order valence-corrected chi connectivity index (χ1v) is 46.9. The summed E-state index contributed by atoms with van der Waals surface area (Å²) in [6.07, 6.45) is 0. The van der Waals surface area contributed by atoms with Crippen molar-refractivity contribution < 1.29 is 18.3 Å². The Bertz CT molecular complexity index is 9160. The van der Waals surface area contributed by atoms with Crippen molar-refractivity contribution in [2.75, 3.05) is 19.6 Å². The maximum atomic E-state index is 7.00. The molecule has 3 aliphatic rings.